The zero-order valence-corrected chi connectivity index (χ0v) is 20.1. The summed E-state index contributed by atoms with van der Waals surface area (Å²) in [6.45, 7) is 1.44. The average molecular weight is 529 g/mol. The first-order chi connectivity index (χ1) is 18.1. The van der Waals surface area contributed by atoms with E-state index in [1.54, 1.807) is 12.3 Å². The van der Waals surface area contributed by atoms with E-state index in [0.717, 1.165) is 0 Å². The van der Waals surface area contributed by atoms with Crippen LogP contribution in [0.5, 0.6) is 5.75 Å². The van der Waals surface area contributed by atoms with E-state index < -0.39 is 30.4 Å². The highest BCUT2D eigenvalue weighted by Crippen LogP contribution is 2.44. The largest absolute Gasteiger partial charge is 0.490 e. The second-order valence-electron chi connectivity index (χ2n) is 8.57. The number of amides is 2. The topological polar surface area (TPSA) is 123 Å². The summed E-state index contributed by atoms with van der Waals surface area (Å²) in [6, 6.07) is 9.80. The number of nitrogens with one attached hydrogen (secondary N) is 2. The lowest BCUT2D eigenvalue weighted by molar-refractivity contribution is -0.149. The molecule has 0 saturated carbocycles. The minimum Gasteiger partial charge on any atom is -0.490 e. The van der Waals surface area contributed by atoms with E-state index in [1.165, 1.54) is 42.6 Å². The number of primary amides is 1. The van der Waals surface area contributed by atoms with Gasteiger partial charge in [-0.3, -0.25) is 9.59 Å². The predicted octanol–water partition coefficient (Wildman–Crippen LogP) is 4.44. The third-order valence-electron chi connectivity index (χ3n) is 6.07. The maximum atomic E-state index is 14.2. The van der Waals surface area contributed by atoms with Crippen LogP contribution in [0.3, 0.4) is 0 Å². The molecule has 4 N–H and O–H groups in total. The lowest BCUT2D eigenvalue weighted by Crippen LogP contribution is -2.35. The van der Waals surface area contributed by atoms with Crippen LogP contribution in [-0.2, 0) is 4.79 Å². The monoisotopic (exact) mass is 529 g/mol. The van der Waals surface area contributed by atoms with Crippen LogP contribution in [0.1, 0.15) is 40.4 Å². The van der Waals surface area contributed by atoms with Gasteiger partial charge in [0.05, 0.1) is 17.9 Å². The molecule has 4 aromatic rings. The molecular weight excluding hydrogens is 506 g/mol. The maximum Gasteiger partial charge on any atom is 0.398 e. The van der Waals surface area contributed by atoms with Gasteiger partial charge in [-0.15, -0.1) is 0 Å². The van der Waals surface area contributed by atoms with Gasteiger partial charge in [-0.1, -0.05) is 6.92 Å². The molecule has 1 aromatic carbocycles. The van der Waals surface area contributed by atoms with Crippen molar-refractivity contribution in [1.29, 1.82) is 0 Å². The third kappa shape index (κ3) is 5.43. The van der Waals surface area contributed by atoms with E-state index in [1.807, 2.05) is 6.92 Å². The Morgan fingerprint density at radius 2 is 1.97 bits per heavy atom. The minimum atomic E-state index is -4.68. The van der Waals surface area contributed by atoms with Gasteiger partial charge in [0.2, 0.25) is 6.41 Å². The highest BCUT2D eigenvalue weighted by molar-refractivity contribution is 6.05. The fraction of sp³-hybridized carbons (Fsp3) is 0.231. The summed E-state index contributed by atoms with van der Waals surface area (Å²) in [7, 11) is 0. The number of nitrogens with zero attached hydrogens (tertiary/aromatic N) is 2. The average Bonchev–Trinajstić information content (AvgIpc) is 3.50. The number of H-pyrrole nitrogens is 1. The molecule has 3 aromatic heterocycles. The molecule has 5 rings (SSSR count). The Hall–Kier alpha value is -4.48. The van der Waals surface area contributed by atoms with Crippen LogP contribution in [0.15, 0.2) is 54.9 Å². The molecule has 0 bridgehead atoms. The standard InChI is InChI=1S/C25H20F4N4O2.CH3NO/c1-13-12-35-22-18(13)10-20(33-21(22)14-2-4-15(26)5-3-14)19(25(27,28)29)11-32-24(34)17-7-9-31-23-16(17)6-8-30-23;2-1-3/h2-10,13,19H,11-12H2,1H3,(H,30,31)(H,32,34);1H,(H2,2,3). The Labute approximate surface area is 214 Å². The number of pyridine rings is 2. The first-order valence-electron chi connectivity index (χ1n) is 11.5. The van der Waals surface area contributed by atoms with Crippen LogP contribution in [0.25, 0.3) is 22.3 Å². The number of halogens is 4. The van der Waals surface area contributed by atoms with Crippen LogP contribution in [0.2, 0.25) is 0 Å². The number of aromatic amines is 1. The van der Waals surface area contributed by atoms with E-state index in [2.05, 4.69) is 26.0 Å². The molecule has 1 aliphatic rings. The van der Waals surface area contributed by atoms with Gasteiger partial charge in [-0.05, 0) is 42.5 Å². The second kappa shape index (κ2) is 10.9. The van der Waals surface area contributed by atoms with Crippen molar-refractivity contribution in [3.05, 3.63) is 77.5 Å². The Bertz CT molecular complexity index is 1450. The number of carbonyl (C=O) groups excluding carboxylic acids is 2. The molecule has 1 aliphatic heterocycles. The summed E-state index contributed by atoms with van der Waals surface area (Å²) in [4.78, 5) is 32.6. The number of ether oxygens (including phenoxy) is 1. The van der Waals surface area contributed by atoms with Gasteiger partial charge in [-0.25, -0.2) is 14.4 Å². The van der Waals surface area contributed by atoms with Gasteiger partial charge in [0.1, 0.15) is 28.8 Å². The molecule has 198 valence electrons. The van der Waals surface area contributed by atoms with Crippen LogP contribution >= 0.6 is 0 Å². The molecule has 4 heterocycles. The Balaban J connectivity index is 0.00000107. The first kappa shape index (κ1) is 26.6. The van der Waals surface area contributed by atoms with Gasteiger partial charge in [0.25, 0.3) is 5.91 Å². The number of alkyl halides is 3. The van der Waals surface area contributed by atoms with E-state index in [4.69, 9.17) is 9.53 Å². The van der Waals surface area contributed by atoms with E-state index in [-0.39, 0.29) is 29.3 Å². The van der Waals surface area contributed by atoms with Crippen molar-refractivity contribution < 1.29 is 31.9 Å². The first-order valence-corrected chi connectivity index (χ1v) is 11.5. The molecule has 8 nitrogen and oxygen atoms in total. The number of nitrogens with two attached hydrogens (primary N) is 1. The fourth-order valence-electron chi connectivity index (χ4n) is 4.21. The minimum absolute atomic E-state index is 0.145. The number of fused-ring (bicyclic) bond motifs is 2. The molecule has 12 heteroatoms. The summed E-state index contributed by atoms with van der Waals surface area (Å²) >= 11 is 0. The number of aromatic nitrogens is 3. The second-order valence-corrected chi connectivity index (χ2v) is 8.57. The Kier molecular flexibility index (Phi) is 7.60. The molecule has 0 saturated heterocycles. The van der Waals surface area contributed by atoms with Gasteiger partial charge < -0.3 is 20.8 Å². The van der Waals surface area contributed by atoms with Gasteiger partial charge in [-0.2, -0.15) is 13.2 Å². The van der Waals surface area contributed by atoms with Crippen molar-refractivity contribution >= 4 is 23.4 Å². The normalized spacial score (nSPS) is 15.1. The zero-order valence-electron chi connectivity index (χ0n) is 20.1. The molecule has 2 amide bonds. The third-order valence-corrected chi connectivity index (χ3v) is 6.07. The number of hydrogen-bond acceptors (Lipinski definition) is 5. The van der Waals surface area contributed by atoms with Crippen LogP contribution in [-0.4, -0.2) is 46.6 Å². The maximum absolute atomic E-state index is 14.2. The predicted molar refractivity (Wildman–Crippen MR) is 131 cm³/mol. The summed E-state index contributed by atoms with van der Waals surface area (Å²) in [5.74, 6) is -2.94. The molecule has 2 atom stereocenters. The van der Waals surface area contributed by atoms with Crippen molar-refractivity contribution in [3.8, 4) is 17.0 Å². The van der Waals surface area contributed by atoms with Crippen molar-refractivity contribution in [1.82, 2.24) is 20.3 Å². The summed E-state index contributed by atoms with van der Waals surface area (Å²) < 4.78 is 61.8. The summed E-state index contributed by atoms with van der Waals surface area (Å²) in [6.07, 6.45) is -1.42. The lowest BCUT2D eigenvalue weighted by Gasteiger charge is -2.22. The fourth-order valence-corrected chi connectivity index (χ4v) is 4.21. The number of rotatable bonds is 5. The number of carbonyl (C=O) groups is 2. The molecule has 0 fully saturated rings. The van der Waals surface area contributed by atoms with Crippen molar-refractivity contribution in [2.45, 2.75) is 24.9 Å². The molecular formula is C26H23F4N5O3. The van der Waals surface area contributed by atoms with E-state index >= 15 is 0 Å². The smallest absolute Gasteiger partial charge is 0.398 e. The molecule has 2 unspecified atom stereocenters. The van der Waals surface area contributed by atoms with E-state index in [0.29, 0.717) is 34.5 Å². The van der Waals surface area contributed by atoms with Crippen LogP contribution in [0.4, 0.5) is 17.6 Å². The lowest BCUT2D eigenvalue weighted by atomic mass is 9.95. The molecule has 0 aliphatic carbocycles. The molecule has 38 heavy (non-hydrogen) atoms. The van der Waals surface area contributed by atoms with Crippen molar-refractivity contribution in [3.63, 3.8) is 0 Å². The van der Waals surface area contributed by atoms with Crippen molar-refractivity contribution in [2.75, 3.05) is 13.2 Å². The summed E-state index contributed by atoms with van der Waals surface area (Å²) in [5.41, 5.74) is 5.85. The van der Waals surface area contributed by atoms with Gasteiger partial charge >= 0.3 is 6.18 Å². The molecule has 0 spiro atoms. The SMILES string of the molecule is CC1COc2c1cc(C(CNC(=O)c1ccnc3[nH]ccc13)C(F)(F)F)nc2-c1ccc(F)cc1.NC=O. The van der Waals surface area contributed by atoms with Crippen molar-refractivity contribution in [2.24, 2.45) is 5.73 Å². The quantitative estimate of drug-likeness (QED) is 0.261. The highest BCUT2D eigenvalue weighted by Gasteiger charge is 2.43. The zero-order chi connectivity index (χ0) is 27.4. The highest BCUT2D eigenvalue weighted by atomic mass is 19.4. The summed E-state index contributed by atoms with van der Waals surface area (Å²) in [5, 5.41) is 2.92. The van der Waals surface area contributed by atoms with E-state index in [9.17, 15) is 22.4 Å². The number of hydrogen-bond donors (Lipinski definition) is 3. The molecule has 0 radical (unpaired) electrons. The van der Waals surface area contributed by atoms with Gasteiger partial charge in [0, 0.05) is 41.4 Å². The van der Waals surface area contributed by atoms with Crippen LogP contribution < -0.4 is 15.8 Å². The number of benzene rings is 1. The van der Waals surface area contributed by atoms with Crippen LogP contribution in [0, 0.1) is 5.82 Å². The Morgan fingerprint density at radius 3 is 2.66 bits per heavy atom. The Morgan fingerprint density at radius 1 is 1.26 bits per heavy atom. The van der Waals surface area contributed by atoms with Gasteiger partial charge in [0.15, 0.2) is 0 Å².